The van der Waals surface area contributed by atoms with Crippen molar-refractivity contribution in [3.05, 3.63) is 28.2 Å². The molecule has 2 N–H and O–H groups in total. The normalized spacial score (nSPS) is 23.1. The minimum Gasteiger partial charge on any atom is -0.388 e. The van der Waals surface area contributed by atoms with Crippen LogP contribution in [0, 0.1) is 0 Å². The highest BCUT2D eigenvalue weighted by atomic mass is 79.9. The van der Waals surface area contributed by atoms with Gasteiger partial charge in [-0.25, -0.2) is 0 Å². The van der Waals surface area contributed by atoms with E-state index in [1.54, 1.807) is 0 Å². The fourth-order valence-corrected chi connectivity index (χ4v) is 3.24. The first-order chi connectivity index (χ1) is 9.52. The lowest BCUT2D eigenvalue weighted by molar-refractivity contribution is 0.0449. The van der Waals surface area contributed by atoms with Crippen molar-refractivity contribution >= 4 is 21.6 Å². The quantitative estimate of drug-likeness (QED) is 0.807. The summed E-state index contributed by atoms with van der Waals surface area (Å²) >= 11 is 3.56. The largest absolute Gasteiger partial charge is 0.388 e. The molecule has 1 aliphatic heterocycles. The van der Waals surface area contributed by atoms with Crippen LogP contribution in [-0.2, 0) is 6.54 Å². The summed E-state index contributed by atoms with van der Waals surface area (Å²) in [6.45, 7) is 7.77. The third-order valence-electron chi connectivity index (χ3n) is 3.80. The Morgan fingerprint density at radius 2 is 2.25 bits per heavy atom. The highest BCUT2D eigenvalue weighted by molar-refractivity contribution is 9.10. The lowest BCUT2D eigenvalue weighted by Crippen LogP contribution is -2.46. The number of aliphatic hydroxyl groups is 1. The first-order valence-electron chi connectivity index (χ1n) is 7.48. The van der Waals surface area contributed by atoms with Crippen molar-refractivity contribution in [3.8, 4) is 0 Å². The lowest BCUT2D eigenvalue weighted by atomic mass is 9.94. The van der Waals surface area contributed by atoms with Crippen LogP contribution in [0.5, 0.6) is 0 Å². The first-order valence-corrected chi connectivity index (χ1v) is 8.27. The van der Waals surface area contributed by atoms with E-state index in [4.69, 9.17) is 0 Å². The zero-order valence-electron chi connectivity index (χ0n) is 12.5. The van der Waals surface area contributed by atoms with E-state index in [9.17, 15) is 5.11 Å². The molecule has 1 saturated heterocycles. The molecule has 112 valence electrons. The molecule has 1 heterocycles. The molecule has 0 saturated carbocycles. The van der Waals surface area contributed by atoms with Crippen molar-refractivity contribution < 1.29 is 5.11 Å². The molecule has 0 aromatic heterocycles. The summed E-state index contributed by atoms with van der Waals surface area (Å²) in [5, 5.41) is 13.8. The summed E-state index contributed by atoms with van der Waals surface area (Å²) in [5.74, 6) is 0. The Balaban J connectivity index is 2.17. The van der Waals surface area contributed by atoms with E-state index < -0.39 is 5.60 Å². The van der Waals surface area contributed by atoms with Crippen LogP contribution < -0.4 is 10.2 Å². The Kier molecular flexibility index (Phi) is 5.47. The monoisotopic (exact) mass is 340 g/mol. The maximum absolute atomic E-state index is 10.3. The van der Waals surface area contributed by atoms with Gasteiger partial charge in [0.2, 0.25) is 0 Å². The summed E-state index contributed by atoms with van der Waals surface area (Å²) in [5.41, 5.74) is 1.97. The third kappa shape index (κ3) is 4.21. The maximum atomic E-state index is 10.3. The van der Waals surface area contributed by atoms with Crippen LogP contribution in [0.15, 0.2) is 22.7 Å². The van der Waals surface area contributed by atoms with Crippen molar-refractivity contribution in [1.29, 1.82) is 0 Å². The molecule has 0 aliphatic carbocycles. The fraction of sp³-hybridized carbons (Fsp3) is 0.625. The van der Waals surface area contributed by atoms with Crippen LogP contribution in [0.25, 0.3) is 0 Å². The number of nitrogens with zero attached hydrogens (tertiary/aromatic N) is 1. The second-order valence-electron chi connectivity index (χ2n) is 5.97. The molecule has 1 aliphatic rings. The van der Waals surface area contributed by atoms with E-state index in [-0.39, 0.29) is 0 Å². The minimum atomic E-state index is -0.570. The van der Waals surface area contributed by atoms with E-state index in [0.717, 1.165) is 49.9 Å². The Morgan fingerprint density at radius 1 is 1.45 bits per heavy atom. The molecule has 2 rings (SSSR count). The van der Waals surface area contributed by atoms with Gasteiger partial charge in [-0.3, -0.25) is 0 Å². The van der Waals surface area contributed by atoms with Gasteiger partial charge in [0.25, 0.3) is 0 Å². The Labute approximate surface area is 130 Å². The number of β-amino-alcohol motifs (C(OH)–C–C–N with tert-alkyl or cyclic N) is 1. The zero-order chi connectivity index (χ0) is 14.6. The molecule has 3 nitrogen and oxygen atoms in total. The van der Waals surface area contributed by atoms with Gasteiger partial charge in [0.1, 0.15) is 0 Å². The van der Waals surface area contributed by atoms with E-state index in [0.29, 0.717) is 0 Å². The summed E-state index contributed by atoms with van der Waals surface area (Å²) < 4.78 is 1.11. The second kappa shape index (κ2) is 6.92. The van der Waals surface area contributed by atoms with Crippen molar-refractivity contribution in [2.45, 2.75) is 45.3 Å². The third-order valence-corrected chi connectivity index (χ3v) is 4.29. The number of halogens is 1. The number of hydrogen-bond acceptors (Lipinski definition) is 3. The van der Waals surface area contributed by atoms with Gasteiger partial charge in [-0.1, -0.05) is 22.9 Å². The van der Waals surface area contributed by atoms with E-state index in [2.05, 4.69) is 51.3 Å². The van der Waals surface area contributed by atoms with Gasteiger partial charge in [-0.15, -0.1) is 0 Å². The molecule has 0 amide bonds. The van der Waals surface area contributed by atoms with E-state index in [1.165, 1.54) is 11.3 Å². The van der Waals surface area contributed by atoms with E-state index in [1.807, 2.05) is 6.92 Å². The van der Waals surface area contributed by atoms with Gasteiger partial charge in [-0.2, -0.15) is 0 Å². The number of piperidine rings is 1. The van der Waals surface area contributed by atoms with Crippen LogP contribution >= 0.6 is 15.9 Å². The summed E-state index contributed by atoms with van der Waals surface area (Å²) in [4.78, 5) is 2.32. The molecule has 1 aromatic carbocycles. The predicted molar refractivity (Wildman–Crippen MR) is 88.2 cm³/mol. The number of rotatable bonds is 5. The number of nitrogens with one attached hydrogen (secondary N) is 1. The molecular formula is C16H25BrN2O. The summed E-state index contributed by atoms with van der Waals surface area (Å²) in [6.07, 6.45) is 3.08. The molecule has 0 radical (unpaired) electrons. The van der Waals surface area contributed by atoms with Crippen LogP contribution in [0.4, 0.5) is 5.69 Å². The SMILES string of the molecule is CCCNCc1cc(Br)ccc1N1CCCC(C)(O)C1. The molecule has 0 bridgehead atoms. The average Bonchev–Trinajstić information content (AvgIpc) is 2.38. The van der Waals surface area contributed by atoms with Gasteiger partial charge in [0.05, 0.1) is 5.60 Å². The van der Waals surface area contributed by atoms with Crippen LogP contribution in [-0.4, -0.2) is 30.3 Å². The summed E-state index contributed by atoms with van der Waals surface area (Å²) in [6, 6.07) is 6.43. The highest BCUT2D eigenvalue weighted by Crippen LogP contribution is 2.30. The van der Waals surface area contributed by atoms with E-state index >= 15 is 0 Å². The fourth-order valence-electron chi connectivity index (χ4n) is 2.83. The van der Waals surface area contributed by atoms with Crippen molar-refractivity contribution in [2.24, 2.45) is 0 Å². The van der Waals surface area contributed by atoms with Crippen molar-refractivity contribution in [3.63, 3.8) is 0 Å². The Morgan fingerprint density at radius 3 is 2.95 bits per heavy atom. The maximum Gasteiger partial charge on any atom is 0.0794 e. The Hall–Kier alpha value is -0.580. The molecule has 1 aromatic rings. The highest BCUT2D eigenvalue weighted by Gasteiger charge is 2.29. The number of hydrogen-bond donors (Lipinski definition) is 2. The topological polar surface area (TPSA) is 35.5 Å². The standard InChI is InChI=1S/C16H25BrN2O/c1-3-8-18-11-13-10-14(17)5-6-15(13)19-9-4-7-16(2,20)12-19/h5-6,10,18,20H,3-4,7-9,11-12H2,1-2H3. The smallest absolute Gasteiger partial charge is 0.0794 e. The molecule has 1 unspecified atom stereocenters. The van der Waals surface area contributed by atoms with Crippen molar-refractivity contribution in [2.75, 3.05) is 24.5 Å². The zero-order valence-corrected chi connectivity index (χ0v) is 14.0. The van der Waals surface area contributed by atoms with Gasteiger partial charge in [-0.05, 0) is 56.5 Å². The van der Waals surface area contributed by atoms with Crippen LogP contribution in [0.1, 0.15) is 38.7 Å². The molecule has 1 atom stereocenters. The molecular weight excluding hydrogens is 316 g/mol. The molecule has 4 heteroatoms. The van der Waals surface area contributed by atoms with Gasteiger partial charge < -0.3 is 15.3 Å². The predicted octanol–water partition coefficient (Wildman–Crippen LogP) is 3.30. The molecule has 0 spiro atoms. The molecule has 20 heavy (non-hydrogen) atoms. The number of anilines is 1. The first kappa shape index (κ1) is 15.8. The van der Waals surface area contributed by atoms with Crippen molar-refractivity contribution in [1.82, 2.24) is 5.32 Å². The summed E-state index contributed by atoms with van der Waals surface area (Å²) in [7, 11) is 0. The van der Waals surface area contributed by atoms with Gasteiger partial charge in [0, 0.05) is 29.8 Å². The minimum absolute atomic E-state index is 0.570. The van der Waals surface area contributed by atoms with Crippen LogP contribution in [0.3, 0.4) is 0 Å². The van der Waals surface area contributed by atoms with Crippen LogP contribution in [0.2, 0.25) is 0 Å². The van der Waals surface area contributed by atoms with Gasteiger partial charge in [0.15, 0.2) is 0 Å². The lowest BCUT2D eigenvalue weighted by Gasteiger charge is -2.39. The molecule has 1 fully saturated rings. The average molecular weight is 341 g/mol. The second-order valence-corrected chi connectivity index (χ2v) is 6.89. The Bertz CT molecular complexity index is 448. The number of benzene rings is 1. The van der Waals surface area contributed by atoms with Gasteiger partial charge >= 0.3 is 0 Å².